The lowest BCUT2D eigenvalue weighted by molar-refractivity contribution is -0.121. The summed E-state index contributed by atoms with van der Waals surface area (Å²) in [6.07, 6.45) is 1.07. The summed E-state index contributed by atoms with van der Waals surface area (Å²) in [5, 5.41) is 9.57. The Morgan fingerprint density at radius 2 is 1.90 bits per heavy atom. The first-order chi connectivity index (χ1) is 14.6. The fourth-order valence-corrected chi connectivity index (χ4v) is 5.15. The molecule has 1 aliphatic heterocycles. The average molecular weight is 503 g/mol. The molecule has 1 aliphatic carbocycles. The van der Waals surface area contributed by atoms with Crippen molar-refractivity contribution in [2.45, 2.75) is 39.0 Å². The van der Waals surface area contributed by atoms with E-state index in [1.165, 1.54) is 17.0 Å². The number of rotatable bonds is 3. The van der Waals surface area contributed by atoms with E-state index in [9.17, 15) is 19.5 Å². The van der Waals surface area contributed by atoms with Crippen LogP contribution in [-0.4, -0.2) is 22.8 Å². The lowest BCUT2D eigenvalue weighted by Gasteiger charge is -2.43. The molecule has 0 saturated heterocycles. The van der Waals surface area contributed by atoms with Crippen LogP contribution >= 0.6 is 27.5 Å². The Bertz CT molecular complexity index is 1150. The van der Waals surface area contributed by atoms with Gasteiger partial charge in [-0.15, -0.1) is 0 Å². The third-order valence-corrected chi connectivity index (χ3v) is 6.66. The normalized spacial score (nSPS) is 20.6. The molecule has 1 atom stereocenters. The zero-order valence-electron chi connectivity index (χ0n) is 17.1. The minimum atomic E-state index is -1.17. The molecule has 31 heavy (non-hydrogen) atoms. The summed E-state index contributed by atoms with van der Waals surface area (Å²) in [5.41, 5.74) is 2.23. The summed E-state index contributed by atoms with van der Waals surface area (Å²) in [4.78, 5) is 39.8. The number of carbonyl (C=O) groups is 3. The number of ketones is 1. The van der Waals surface area contributed by atoms with Crippen molar-refractivity contribution in [3.63, 3.8) is 0 Å². The predicted octanol–water partition coefficient (Wildman–Crippen LogP) is 5.96. The Hall–Kier alpha value is -2.44. The van der Waals surface area contributed by atoms with Gasteiger partial charge in [0, 0.05) is 40.2 Å². The molecule has 1 unspecified atom stereocenters. The number of hydrogen-bond donors (Lipinski definition) is 1. The fraction of sp³-hybridized carbons (Fsp3) is 0.292. The minimum absolute atomic E-state index is 0.0288. The van der Waals surface area contributed by atoms with Crippen LogP contribution in [0.3, 0.4) is 0 Å². The van der Waals surface area contributed by atoms with Crippen LogP contribution in [0.5, 0.6) is 0 Å². The van der Waals surface area contributed by atoms with Gasteiger partial charge in [0.05, 0.1) is 10.6 Å². The molecule has 2 aromatic rings. The molecule has 4 rings (SSSR count). The second kappa shape index (κ2) is 7.92. The lowest BCUT2D eigenvalue weighted by Crippen LogP contribution is -2.43. The van der Waals surface area contributed by atoms with Crippen molar-refractivity contribution < 1.29 is 19.5 Å². The summed E-state index contributed by atoms with van der Waals surface area (Å²) in [5.74, 6) is -1.64. The highest BCUT2D eigenvalue weighted by Gasteiger charge is 2.44. The largest absolute Gasteiger partial charge is 0.478 e. The number of halogens is 2. The van der Waals surface area contributed by atoms with Crippen molar-refractivity contribution in [2.24, 2.45) is 5.41 Å². The number of amides is 1. The van der Waals surface area contributed by atoms with E-state index in [1.807, 2.05) is 38.1 Å². The van der Waals surface area contributed by atoms with Crippen LogP contribution < -0.4 is 4.90 Å². The lowest BCUT2D eigenvalue weighted by atomic mass is 9.69. The predicted molar refractivity (Wildman–Crippen MR) is 122 cm³/mol. The molecule has 0 radical (unpaired) electrons. The van der Waals surface area contributed by atoms with E-state index in [1.54, 1.807) is 6.07 Å². The molecular formula is C24H21BrClNO4. The van der Waals surface area contributed by atoms with Gasteiger partial charge in [-0.3, -0.25) is 14.5 Å². The van der Waals surface area contributed by atoms with Crippen molar-refractivity contribution in [2.75, 3.05) is 4.90 Å². The number of anilines is 1. The second-order valence-electron chi connectivity index (χ2n) is 8.81. The molecule has 0 spiro atoms. The van der Waals surface area contributed by atoms with Gasteiger partial charge in [-0.25, -0.2) is 4.79 Å². The van der Waals surface area contributed by atoms with E-state index >= 15 is 0 Å². The number of hydrogen-bond acceptors (Lipinski definition) is 3. The van der Waals surface area contributed by atoms with E-state index < -0.39 is 5.97 Å². The Balaban J connectivity index is 1.92. The molecule has 7 heteroatoms. The Kier molecular flexibility index (Phi) is 5.56. The van der Waals surface area contributed by atoms with Gasteiger partial charge >= 0.3 is 5.97 Å². The summed E-state index contributed by atoms with van der Waals surface area (Å²) in [6.45, 7) is 4.01. The van der Waals surface area contributed by atoms with Crippen LogP contribution in [0.15, 0.2) is 58.2 Å². The van der Waals surface area contributed by atoms with Gasteiger partial charge in [-0.05, 0) is 47.7 Å². The molecule has 0 fully saturated rings. The van der Waals surface area contributed by atoms with Gasteiger partial charge in [0.2, 0.25) is 5.91 Å². The van der Waals surface area contributed by atoms with Crippen molar-refractivity contribution in [1.82, 2.24) is 0 Å². The first-order valence-corrected chi connectivity index (χ1v) is 11.1. The molecule has 0 aromatic heterocycles. The quantitative estimate of drug-likeness (QED) is 0.561. The van der Waals surface area contributed by atoms with Crippen molar-refractivity contribution in [3.05, 3.63) is 74.4 Å². The smallest absolute Gasteiger partial charge is 0.337 e. The molecule has 1 N–H and O–H groups in total. The number of carboxylic acids is 1. The van der Waals surface area contributed by atoms with Crippen molar-refractivity contribution in [1.29, 1.82) is 0 Å². The van der Waals surface area contributed by atoms with Gasteiger partial charge < -0.3 is 5.11 Å². The molecule has 0 saturated carbocycles. The third kappa shape index (κ3) is 4.06. The Labute approximate surface area is 193 Å². The summed E-state index contributed by atoms with van der Waals surface area (Å²) in [6, 6.07) is 12.2. The van der Waals surface area contributed by atoms with Crippen LogP contribution in [0.2, 0.25) is 5.02 Å². The van der Waals surface area contributed by atoms with E-state index in [0.29, 0.717) is 29.8 Å². The molecule has 0 bridgehead atoms. The second-order valence-corrected chi connectivity index (χ2v) is 10.1. The highest BCUT2D eigenvalue weighted by molar-refractivity contribution is 9.10. The van der Waals surface area contributed by atoms with Crippen molar-refractivity contribution >= 4 is 50.9 Å². The molecule has 5 nitrogen and oxygen atoms in total. The topological polar surface area (TPSA) is 74.7 Å². The van der Waals surface area contributed by atoms with E-state index in [-0.39, 0.29) is 40.0 Å². The number of nitrogens with zero attached hydrogens (tertiary/aromatic N) is 1. The Morgan fingerprint density at radius 3 is 2.58 bits per heavy atom. The highest BCUT2D eigenvalue weighted by atomic mass is 79.9. The Morgan fingerprint density at radius 1 is 1.16 bits per heavy atom. The first-order valence-electron chi connectivity index (χ1n) is 9.95. The maximum Gasteiger partial charge on any atom is 0.337 e. The van der Waals surface area contributed by atoms with E-state index in [4.69, 9.17) is 11.6 Å². The SMILES string of the molecule is CC1(C)CC(=O)C2=C(C1)N(c1ccc(Cl)c(C(=O)O)c1)C(=O)CC2c1cccc(Br)c1. The molecule has 1 heterocycles. The molecule has 160 valence electrons. The first kappa shape index (κ1) is 21.8. The number of benzene rings is 2. The molecule has 2 aliphatic rings. The number of carboxylic acid groups (broad SMARTS) is 1. The number of allylic oxidation sites excluding steroid dienone is 2. The number of carbonyl (C=O) groups excluding carboxylic acids is 2. The number of Topliss-reactive ketones (excluding diaryl/α,β-unsaturated/α-hetero) is 1. The van der Waals surface area contributed by atoms with Crippen molar-refractivity contribution in [3.8, 4) is 0 Å². The van der Waals surface area contributed by atoms with Gasteiger partial charge in [0.1, 0.15) is 0 Å². The monoisotopic (exact) mass is 501 g/mol. The minimum Gasteiger partial charge on any atom is -0.478 e. The van der Waals surface area contributed by atoms with Gasteiger partial charge in [0.25, 0.3) is 0 Å². The summed E-state index contributed by atoms with van der Waals surface area (Å²) < 4.78 is 0.884. The number of aromatic carboxylic acids is 1. The van der Waals surface area contributed by atoms with Crippen LogP contribution in [0.25, 0.3) is 0 Å². The van der Waals surface area contributed by atoms with E-state index in [0.717, 1.165) is 10.0 Å². The molecule has 1 amide bonds. The van der Waals surface area contributed by atoms with Gasteiger partial charge in [-0.1, -0.05) is 53.5 Å². The van der Waals surface area contributed by atoms with Gasteiger partial charge in [0.15, 0.2) is 5.78 Å². The standard InChI is InChI=1S/C24H21BrClNO4/c1-24(2)11-19-22(20(28)12-24)16(13-4-3-5-14(25)8-13)10-21(29)27(19)15-6-7-18(26)17(9-15)23(30)31/h3-9,16H,10-12H2,1-2H3,(H,30,31). The molecular weight excluding hydrogens is 482 g/mol. The van der Waals surface area contributed by atoms with Crippen LogP contribution in [0.1, 0.15) is 54.9 Å². The zero-order chi connectivity index (χ0) is 22.5. The highest BCUT2D eigenvalue weighted by Crippen LogP contribution is 2.48. The van der Waals surface area contributed by atoms with Crippen LogP contribution in [-0.2, 0) is 9.59 Å². The maximum atomic E-state index is 13.4. The van der Waals surface area contributed by atoms with Gasteiger partial charge in [-0.2, -0.15) is 0 Å². The zero-order valence-corrected chi connectivity index (χ0v) is 19.5. The maximum absolute atomic E-state index is 13.4. The average Bonchev–Trinajstić information content (AvgIpc) is 2.67. The summed E-state index contributed by atoms with van der Waals surface area (Å²) in [7, 11) is 0. The fourth-order valence-electron chi connectivity index (χ4n) is 4.54. The third-order valence-electron chi connectivity index (χ3n) is 5.83. The van der Waals surface area contributed by atoms with Crippen LogP contribution in [0, 0.1) is 5.41 Å². The van der Waals surface area contributed by atoms with E-state index in [2.05, 4.69) is 15.9 Å². The molecule has 2 aromatic carbocycles. The van der Waals surface area contributed by atoms with Crippen LogP contribution in [0.4, 0.5) is 5.69 Å². The summed E-state index contributed by atoms with van der Waals surface area (Å²) >= 11 is 9.51.